The minimum atomic E-state index is -0.0952. The summed E-state index contributed by atoms with van der Waals surface area (Å²) < 4.78 is 1.30. The van der Waals surface area contributed by atoms with Gasteiger partial charge >= 0.3 is 6.03 Å². The number of nitrogens with zero attached hydrogens (tertiary/aromatic N) is 4. The van der Waals surface area contributed by atoms with E-state index in [2.05, 4.69) is 17.0 Å². The van der Waals surface area contributed by atoms with Crippen molar-refractivity contribution in [3.05, 3.63) is 17.4 Å². The summed E-state index contributed by atoms with van der Waals surface area (Å²) in [7, 11) is 2.07. The number of rotatable bonds is 0. The molecular weight excluding hydrogens is 228 g/mol. The molecule has 6 heteroatoms. The maximum atomic E-state index is 12.0. The molecule has 0 aliphatic carbocycles. The van der Waals surface area contributed by atoms with Crippen LogP contribution in [0.2, 0.25) is 5.02 Å². The van der Waals surface area contributed by atoms with Crippen LogP contribution in [-0.4, -0.2) is 58.8 Å². The van der Waals surface area contributed by atoms with Crippen molar-refractivity contribution in [3.8, 4) is 0 Å². The van der Waals surface area contributed by atoms with E-state index in [1.165, 1.54) is 10.9 Å². The minimum Gasteiger partial charge on any atom is -0.322 e. The van der Waals surface area contributed by atoms with Gasteiger partial charge in [0.05, 0.1) is 17.4 Å². The first-order valence-corrected chi connectivity index (χ1v) is 5.72. The van der Waals surface area contributed by atoms with Crippen molar-refractivity contribution in [2.24, 2.45) is 0 Å². The number of amides is 1. The van der Waals surface area contributed by atoms with Crippen LogP contribution in [0, 0.1) is 0 Å². The maximum absolute atomic E-state index is 12.0. The molecule has 1 aliphatic rings. The van der Waals surface area contributed by atoms with Gasteiger partial charge in [-0.1, -0.05) is 11.6 Å². The molecule has 88 valence electrons. The maximum Gasteiger partial charge on any atom is 0.344 e. The lowest BCUT2D eigenvalue weighted by atomic mass is 10.4. The van der Waals surface area contributed by atoms with Crippen molar-refractivity contribution in [1.29, 1.82) is 0 Å². The van der Waals surface area contributed by atoms with Crippen LogP contribution in [0.1, 0.15) is 6.42 Å². The van der Waals surface area contributed by atoms with Gasteiger partial charge in [-0.3, -0.25) is 0 Å². The van der Waals surface area contributed by atoms with Gasteiger partial charge in [0.25, 0.3) is 0 Å². The lowest BCUT2D eigenvalue weighted by Crippen LogP contribution is -2.37. The highest BCUT2D eigenvalue weighted by molar-refractivity contribution is 6.30. The van der Waals surface area contributed by atoms with E-state index in [1.54, 1.807) is 6.20 Å². The fourth-order valence-electron chi connectivity index (χ4n) is 1.79. The average Bonchev–Trinajstić information content (AvgIpc) is 2.57. The van der Waals surface area contributed by atoms with Gasteiger partial charge in [0, 0.05) is 19.6 Å². The van der Waals surface area contributed by atoms with E-state index in [0.717, 1.165) is 32.6 Å². The number of likely N-dealkylation sites (N-methyl/N-ethyl adjacent to an activating group) is 1. The summed E-state index contributed by atoms with van der Waals surface area (Å²) in [4.78, 5) is 16.1. The Labute approximate surface area is 99.6 Å². The summed E-state index contributed by atoms with van der Waals surface area (Å²) in [5.41, 5.74) is 0. The lowest BCUT2D eigenvalue weighted by Gasteiger charge is -2.19. The molecule has 0 unspecified atom stereocenters. The molecule has 0 spiro atoms. The second-order valence-corrected chi connectivity index (χ2v) is 4.47. The summed E-state index contributed by atoms with van der Waals surface area (Å²) in [6.45, 7) is 3.46. The fourth-order valence-corrected chi connectivity index (χ4v) is 1.92. The molecule has 0 N–H and O–H groups in total. The van der Waals surface area contributed by atoms with Crippen LogP contribution in [0.3, 0.4) is 0 Å². The third-order valence-corrected chi connectivity index (χ3v) is 2.93. The predicted molar refractivity (Wildman–Crippen MR) is 61.7 cm³/mol. The third-order valence-electron chi connectivity index (χ3n) is 2.74. The molecule has 1 aliphatic heterocycles. The molecule has 2 rings (SSSR count). The largest absolute Gasteiger partial charge is 0.344 e. The van der Waals surface area contributed by atoms with Crippen molar-refractivity contribution in [3.63, 3.8) is 0 Å². The Morgan fingerprint density at radius 3 is 2.88 bits per heavy atom. The predicted octanol–water partition coefficient (Wildman–Crippen LogP) is 1.14. The van der Waals surface area contributed by atoms with Crippen LogP contribution in [0.5, 0.6) is 0 Å². The van der Waals surface area contributed by atoms with Crippen molar-refractivity contribution < 1.29 is 4.79 Å². The summed E-state index contributed by atoms with van der Waals surface area (Å²) in [5, 5.41) is 4.41. The van der Waals surface area contributed by atoms with Crippen molar-refractivity contribution >= 4 is 17.6 Å². The molecule has 0 aromatic carbocycles. The standard InChI is InChI=1S/C10H15ClN4O/c1-13-3-2-4-14(6-5-13)10(16)15-8-9(11)7-12-15/h7-8H,2-6H2,1H3. The van der Waals surface area contributed by atoms with E-state index in [9.17, 15) is 4.79 Å². The number of aromatic nitrogens is 2. The first kappa shape index (κ1) is 11.4. The average molecular weight is 243 g/mol. The van der Waals surface area contributed by atoms with E-state index < -0.39 is 0 Å². The first-order valence-electron chi connectivity index (χ1n) is 5.35. The molecule has 16 heavy (non-hydrogen) atoms. The minimum absolute atomic E-state index is 0.0952. The van der Waals surface area contributed by atoms with Crippen molar-refractivity contribution in [1.82, 2.24) is 19.6 Å². The molecule has 1 aromatic rings. The van der Waals surface area contributed by atoms with Crippen LogP contribution < -0.4 is 0 Å². The highest BCUT2D eigenvalue weighted by Gasteiger charge is 2.19. The summed E-state index contributed by atoms with van der Waals surface area (Å²) in [6.07, 6.45) is 4.01. The normalized spacial score (nSPS) is 18.5. The molecule has 0 saturated carbocycles. The van der Waals surface area contributed by atoms with Gasteiger partial charge < -0.3 is 9.80 Å². The number of carbonyl (C=O) groups excluding carboxylic acids is 1. The Morgan fingerprint density at radius 2 is 2.19 bits per heavy atom. The number of hydrogen-bond acceptors (Lipinski definition) is 3. The summed E-state index contributed by atoms with van der Waals surface area (Å²) in [5.74, 6) is 0. The van der Waals surface area contributed by atoms with Gasteiger partial charge in [-0.25, -0.2) is 4.79 Å². The Morgan fingerprint density at radius 1 is 1.38 bits per heavy atom. The monoisotopic (exact) mass is 242 g/mol. The molecule has 1 aromatic heterocycles. The molecule has 1 fully saturated rings. The highest BCUT2D eigenvalue weighted by Crippen LogP contribution is 2.08. The SMILES string of the molecule is CN1CCCN(C(=O)n2cc(Cl)cn2)CC1. The lowest BCUT2D eigenvalue weighted by molar-refractivity contribution is 0.198. The Kier molecular flexibility index (Phi) is 3.46. The van der Waals surface area contributed by atoms with Crippen LogP contribution in [0.15, 0.2) is 12.4 Å². The molecule has 5 nitrogen and oxygen atoms in total. The summed E-state index contributed by atoms with van der Waals surface area (Å²) >= 11 is 5.74. The Hall–Kier alpha value is -1.07. The van der Waals surface area contributed by atoms with Crippen molar-refractivity contribution in [2.75, 3.05) is 33.2 Å². The van der Waals surface area contributed by atoms with E-state index in [4.69, 9.17) is 11.6 Å². The van der Waals surface area contributed by atoms with Gasteiger partial charge in [-0.15, -0.1) is 0 Å². The second kappa shape index (κ2) is 4.84. The number of halogens is 1. The Balaban J connectivity index is 2.04. The quantitative estimate of drug-likeness (QED) is 0.685. The molecule has 0 bridgehead atoms. The third kappa shape index (κ3) is 2.54. The molecule has 1 saturated heterocycles. The van der Waals surface area contributed by atoms with Gasteiger partial charge in [-0.05, 0) is 20.0 Å². The smallest absolute Gasteiger partial charge is 0.322 e. The first-order chi connectivity index (χ1) is 7.66. The van der Waals surface area contributed by atoms with E-state index in [1.807, 2.05) is 4.90 Å². The molecule has 1 amide bonds. The van der Waals surface area contributed by atoms with Crippen LogP contribution >= 0.6 is 11.6 Å². The van der Waals surface area contributed by atoms with E-state index in [-0.39, 0.29) is 6.03 Å². The molecule has 0 atom stereocenters. The highest BCUT2D eigenvalue weighted by atomic mass is 35.5. The zero-order chi connectivity index (χ0) is 11.5. The number of carbonyl (C=O) groups is 1. The van der Waals surface area contributed by atoms with E-state index >= 15 is 0 Å². The fraction of sp³-hybridized carbons (Fsp3) is 0.600. The second-order valence-electron chi connectivity index (χ2n) is 4.03. The van der Waals surface area contributed by atoms with Gasteiger partial charge in [0.2, 0.25) is 0 Å². The Bertz CT molecular complexity index is 379. The molecule has 0 radical (unpaired) electrons. The van der Waals surface area contributed by atoms with E-state index in [0.29, 0.717) is 5.02 Å². The van der Waals surface area contributed by atoms with Crippen LogP contribution in [0.4, 0.5) is 4.79 Å². The van der Waals surface area contributed by atoms with Gasteiger partial charge in [0.15, 0.2) is 0 Å². The molecule has 2 heterocycles. The molecular formula is C10H15ClN4O. The van der Waals surface area contributed by atoms with Crippen LogP contribution in [-0.2, 0) is 0 Å². The number of hydrogen-bond donors (Lipinski definition) is 0. The van der Waals surface area contributed by atoms with Crippen molar-refractivity contribution in [2.45, 2.75) is 6.42 Å². The zero-order valence-corrected chi connectivity index (χ0v) is 10.0. The van der Waals surface area contributed by atoms with Crippen LogP contribution in [0.25, 0.3) is 0 Å². The zero-order valence-electron chi connectivity index (χ0n) is 9.27. The van der Waals surface area contributed by atoms with Gasteiger partial charge in [0.1, 0.15) is 0 Å². The van der Waals surface area contributed by atoms with Gasteiger partial charge in [-0.2, -0.15) is 9.78 Å². The topological polar surface area (TPSA) is 41.4 Å². The summed E-state index contributed by atoms with van der Waals surface area (Å²) in [6, 6.07) is -0.0952.